The molecule has 6 heteroatoms. The Morgan fingerprint density at radius 2 is 1.95 bits per heavy atom. The van der Waals surface area contributed by atoms with Crippen LogP contribution >= 0.6 is 11.8 Å². The highest BCUT2D eigenvalue weighted by Crippen LogP contribution is 2.25. The number of hydrogen-bond donors (Lipinski definition) is 2. The zero-order chi connectivity index (χ0) is 14.3. The van der Waals surface area contributed by atoms with Crippen molar-refractivity contribution in [3.63, 3.8) is 0 Å². The first-order valence-electron chi connectivity index (χ1n) is 5.96. The van der Waals surface area contributed by atoms with Crippen LogP contribution in [0.1, 0.15) is 13.8 Å². The summed E-state index contributed by atoms with van der Waals surface area (Å²) in [6, 6.07) is 6.95. The van der Waals surface area contributed by atoms with Gasteiger partial charge in [0.2, 0.25) is 5.91 Å². The normalized spacial score (nSPS) is 11.5. The quantitative estimate of drug-likeness (QED) is 0.811. The molecular formula is C13H18N2O3S. The Labute approximate surface area is 117 Å². The number of nitrogens with one attached hydrogen (secondary N) is 2. The van der Waals surface area contributed by atoms with Crippen LogP contribution in [0.15, 0.2) is 29.2 Å². The van der Waals surface area contributed by atoms with Gasteiger partial charge in [-0.15, -0.1) is 11.8 Å². The third kappa shape index (κ3) is 5.21. The van der Waals surface area contributed by atoms with E-state index in [1.54, 1.807) is 21.0 Å². The highest BCUT2D eigenvalue weighted by atomic mass is 32.2. The van der Waals surface area contributed by atoms with Crippen molar-refractivity contribution in [2.45, 2.75) is 24.0 Å². The third-order valence-corrected chi connectivity index (χ3v) is 3.43. The molecule has 1 rings (SSSR count). The van der Waals surface area contributed by atoms with E-state index in [0.29, 0.717) is 6.54 Å². The van der Waals surface area contributed by atoms with Crippen LogP contribution in [-0.2, 0) is 4.79 Å². The summed E-state index contributed by atoms with van der Waals surface area (Å²) in [5.41, 5.74) is 0. The number of imide groups is 1. The van der Waals surface area contributed by atoms with Crippen LogP contribution in [-0.4, -0.2) is 30.8 Å². The standard InChI is InChI=1S/C13H18N2O3S/c1-4-14-13(17)15-12(16)9(2)19-11-7-5-10(18-3)6-8-11/h5-9H,4H2,1-3H3,(H2,14,15,16,17)/t9-/m1/s1. The lowest BCUT2D eigenvalue weighted by Crippen LogP contribution is -2.42. The van der Waals surface area contributed by atoms with E-state index in [4.69, 9.17) is 4.74 Å². The van der Waals surface area contributed by atoms with E-state index in [9.17, 15) is 9.59 Å². The van der Waals surface area contributed by atoms with Gasteiger partial charge in [0, 0.05) is 11.4 Å². The second-order valence-corrected chi connectivity index (χ2v) is 5.20. The fourth-order valence-corrected chi connectivity index (χ4v) is 2.20. The zero-order valence-corrected chi connectivity index (χ0v) is 12.0. The maximum Gasteiger partial charge on any atom is 0.321 e. The number of carbonyl (C=O) groups is 2. The average molecular weight is 282 g/mol. The second-order valence-electron chi connectivity index (χ2n) is 3.78. The second kappa shape index (κ2) is 7.68. The summed E-state index contributed by atoms with van der Waals surface area (Å²) >= 11 is 1.38. The Morgan fingerprint density at radius 3 is 2.47 bits per heavy atom. The minimum atomic E-state index is -0.463. The molecule has 1 aromatic carbocycles. The highest BCUT2D eigenvalue weighted by molar-refractivity contribution is 8.00. The summed E-state index contributed by atoms with van der Waals surface area (Å²) in [7, 11) is 1.60. The predicted octanol–water partition coefficient (Wildman–Crippen LogP) is 2.02. The molecule has 0 saturated carbocycles. The third-order valence-electron chi connectivity index (χ3n) is 2.32. The first-order valence-corrected chi connectivity index (χ1v) is 6.84. The molecule has 0 aromatic heterocycles. The molecule has 19 heavy (non-hydrogen) atoms. The number of thioether (sulfide) groups is 1. The molecule has 0 heterocycles. The van der Waals surface area contributed by atoms with Crippen molar-refractivity contribution in [2.24, 2.45) is 0 Å². The van der Waals surface area contributed by atoms with Crippen molar-refractivity contribution in [1.29, 1.82) is 0 Å². The lowest BCUT2D eigenvalue weighted by Gasteiger charge is -2.11. The SMILES string of the molecule is CCNC(=O)NC(=O)[C@@H](C)Sc1ccc(OC)cc1. The molecule has 3 amide bonds. The Morgan fingerprint density at radius 1 is 1.32 bits per heavy atom. The Kier molecular flexibility index (Phi) is 6.21. The van der Waals surface area contributed by atoms with Gasteiger partial charge < -0.3 is 10.1 Å². The maximum absolute atomic E-state index is 11.7. The zero-order valence-electron chi connectivity index (χ0n) is 11.2. The van der Waals surface area contributed by atoms with Crippen LogP contribution in [0.2, 0.25) is 0 Å². The van der Waals surface area contributed by atoms with E-state index in [2.05, 4.69) is 10.6 Å². The maximum atomic E-state index is 11.7. The van der Waals surface area contributed by atoms with Gasteiger partial charge in [0.15, 0.2) is 0 Å². The van der Waals surface area contributed by atoms with Gasteiger partial charge in [0.25, 0.3) is 0 Å². The molecule has 2 N–H and O–H groups in total. The summed E-state index contributed by atoms with van der Waals surface area (Å²) < 4.78 is 5.06. The summed E-state index contributed by atoms with van der Waals surface area (Å²) in [6.07, 6.45) is 0. The number of rotatable bonds is 5. The highest BCUT2D eigenvalue weighted by Gasteiger charge is 2.16. The van der Waals surface area contributed by atoms with Gasteiger partial charge in [-0.1, -0.05) is 0 Å². The smallest absolute Gasteiger partial charge is 0.321 e. The number of urea groups is 1. The van der Waals surface area contributed by atoms with Crippen molar-refractivity contribution in [2.75, 3.05) is 13.7 Å². The lowest BCUT2D eigenvalue weighted by atomic mass is 10.3. The van der Waals surface area contributed by atoms with Crippen LogP contribution < -0.4 is 15.4 Å². The summed E-state index contributed by atoms with van der Waals surface area (Å²) in [5.74, 6) is 0.454. The minimum Gasteiger partial charge on any atom is -0.497 e. The monoisotopic (exact) mass is 282 g/mol. The first kappa shape index (κ1) is 15.4. The number of carbonyl (C=O) groups excluding carboxylic acids is 2. The van der Waals surface area contributed by atoms with Gasteiger partial charge in [-0.2, -0.15) is 0 Å². The lowest BCUT2D eigenvalue weighted by molar-refractivity contribution is -0.119. The Balaban J connectivity index is 2.50. The number of benzene rings is 1. The van der Waals surface area contributed by atoms with Crippen molar-refractivity contribution < 1.29 is 14.3 Å². The molecule has 0 bridgehead atoms. The molecule has 0 radical (unpaired) electrons. The minimum absolute atomic E-state index is 0.313. The molecule has 0 spiro atoms. The molecule has 104 valence electrons. The van der Waals surface area contributed by atoms with E-state index in [0.717, 1.165) is 10.6 Å². The average Bonchev–Trinajstić information content (AvgIpc) is 2.39. The number of hydrogen-bond acceptors (Lipinski definition) is 4. The predicted molar refractivity (Wildman–Crippen MR) is 75.5 cm³/mol. The van der Waals surface area contributed by atoms with E-state index in [1.807, 2.05) is 24.3 Å². The molecule has 0 fully saturated rings. The molecule has 0 unspecified atom stereocenters. The number of methoxy groups -OCH3 is 1. The number of amides is 3. The van der Waals surface area contributed by atoms with Crippen LogP contribution in [0.3, 0.4) is 0 Å². The van der Waals surface area contributed by atoms with E-state index in [1.165, 1.54) is 11.8 Å². The fraction of sp³-hybridized carbons (Fsp3) is 0.385. The van der Waals surface area contributed by atoms with E-state index < -0.39 is 6.03 Å². The van der Waals surface area contributed by atoms with Crippen LogP contribution in [0.4, 0.5) is 4.79 Å². The fourth-order valence-electron chi connectivity index (χ4n) is 1.33. The van der Waals surface area contributed by atoms with Crippen molar-refractivity contribution in [3.8, 4) is 5.75 Å². The molecule has 0 aliphatic heterocycles. The van der Waals surface area contributed by atoms with Gasteiger partial charge in [-0.05, 0) is 38.1 Å². The van der Waals surface area contributed by atoms with Crippen LogP contribution in [0.25, 0.3) is 0 Å². The van der Waals surface area contributed by atoms with E-state index in [-0.39, 0.29) is 11.2 Å². The number of ether oxygens (including phenoxy) is 1. The molecule has 0 aliphatic carbocycles. The van der Waals surface area contributed by atoms with Crippen molar-refractivity contribution in [3.05, 3.63) is 24.3 Å². The van der Waals surface area contributed by atoms with Crippen LogP contribution in [0.5, 0.6) is 5.75 Å². The van der Waals surface area contributed by atoms with Crippen molar-refractivity contribution >= 4 is 23.7 Å². The van der Waals surface area contributed by atoms with Gasteiger partial charge in [-0.3, -0.25) is 10.1 Å². The molecular weight excluding hydrogens is 264 g/mol. The van der Waals surface area contributed by atoms with Gasteiger partial charge in [0.1, 0.15) is 5.75 Å². The van der Waals surface area contributed by atoms with Gasteiger partial charge >= 0.3 is 6.03 Å². The van der Waals surface area contributed by atoms with E-state index >= 15 is 0 Å². The molecule has 1 atom stereocenters. The summed E-state index contributed by atoms with van der Waals surface area (Å²) in [5, 5.41) is 4.45. The molecule has 1 aromatic rings. The van der Waals surface area contributed by atoms with Gasteiger partial charge in [-0.25, -0.2) is 4.79 Å². The molecule has 0 saturated heterocycles. The van der Waals surface area contributed by atoms with Crippen molar-refractivity contribution in [1.82, 2.24) is 10.6 Å². The largest absolute Gasteiger partial charge is 0.497 e. The Hall–Kier alpha value is -1.69. The summed E-state index contributed by atoms with van der Waals surface area (Å²) in [4.78, 5) is 23.9. The first-order chi connectivity index (χ1) is 9.06. The molecule has 5 nitrogen and oxygen atoms in total. The summed E-state index contributed by atoms with van der Waals surface area (Å²) in [6.45, 7) is 4.03. The molecule has 0 aliphatic rings. The topological polar surface area (TPSA) is 67.4 Å². The van der Waals surface area contributed by atoms with Crippen LogP contribution in [0, 0.1) is 0 Å². The Bertz CT molecular complexity index is 434. The van der Waals surface area contributed by atoms with Gasteiger partial charge in [0.05, 0.1) is 12.4 Å².